The molecule has 1 aliphatic rings. The molecule has 0 spiro atoms. The van der Waals surface area contributed by atoms with Gasteiger partial charge >= 0.3 is 5.97 Å². The summed E-state index contributed by atoms with van der Waals surface area (Å²) in [6.45, 7) is 0. The third-order valence-corrected chi connectivity index (χ3v) is 3.53. The molecule has 1 aromatic heterocycles. The molecule has 20 heavy (non-hydrogen) atoms. The van der Waals surface area contributed by atoms with Gasteiger partial charge in [-0.3, -0.25) is 4.79 Å². The summed E-state index contributed by atoms with van der Waals surface area (Å²) in [6, 6.07) is 2.53. The molecule has 0 atom stereocenters. The fourth-order valence-electron chi connectivity index (χ4n) is 2.15. The van der Waals surface area contributed by atoms with Gasteiger partial charge in [-0.05, 0) is 25.0 Å². The summed E-state index contributed by atoms with van der Waals surface area (Å²) in [6.07, 6.45) is 3.14. The second-order valence-corrected chi connectivity index (χ2v) is 5.01. The van der Waals surface area contributed by atoms with Crippen LogP contribution in [0.1, 0.15) is 29.2 Å². The molecule has 3 rings (SSSR count). The zero-order valence-corrected chi connectivity index (χ0v) is 11.0. The van der Waals surface area contributed by atoms with Gasteiger partial charge in [0.25, 0.3) is 0 Å². The molecule has 1 aliphatic carbocycles. The molecule has 3 radical (unpaired) electrons. The van der Waals surface area contributed by atoms with E-state index in [9.17, 15) is 14.0 Å². The van der Waals surface area contributed by atoms with Crippen LogP contribution < -0.4 is 5.43 Å². The highest BCUT2D eigenvalue weighted by atomic mass is 35.5. The second-order valence-electron chi connectivity index (χ2n) is 4.60. The predicted molar refractivity (Wildman–Crippen MR) is 74.2 cm³/mol. The summed E-state index contributed by atoms with van der Waals surface area (Å²) in [5.41, 5.74) is -0.556. The van der Waals surface area contributed by atoms with E-state index in [0.29, 0.717) is 5.52 Å². The first-order valence-electron chi connectivity index (χ1n) is 5.76. The Hall–Kier alpha value is -1.82. The molecule has 1 fully saturated rings. The summed E-state index contributed by atoms with van der Waals surface area (Å²) in [5, 5.41) is 9.01. The number of fused-ring (bicyclic) bond motifs is 1. The molecular weight excluding hydrogens is 283 g/mol. The van der Waals surface area contributed by atoms with Crippen LogP contribution in [0.15, 0.2) is 23.1 Å². The average molecular weight is 292 g/mol. The van der Waals surface area contributed by atoms with E-state index in [1.54, 1.807) is 4.57 Å². The molecule has 2 aromatic rings. The number of rotatable bonds is 2. The molecule has 7 heteroatoms. The standard InChI is InChI=1S/C13H9ClFNO3.B/c14-9-4-11-7(3-10(9)15)12(17)8(13(18)19)5-16(11)6-1-2-6;/h3-6H,1-2H2,(H,18,19);. The first-order valence-corrected chi connectivity index (χ1v) is 6.14. The van der Waals surface area contributed by atoms with Crippen molar-refractivity contribution < 1.29 is 14.3 Å². The maximum absolute atomic E-state index is 13.5. The predicted octanol–water partition coefficient (Wildman–Crippen LogP) is 2.45. The number of aromatic carboxylic acids is 1. The molecule has 1 heterocycles. The van der Waals surface area contributed by atoms with Crippen LogP contribution in [0.2, 0.25) is 5.02 Å². The molecule has 0 amide bonds. The Kier molecular flexibility index (Phi) is 3.60. The van der Waals surface area contributed by atoms with Crippen molar-refractivity contribution in [1.29, 1.82) is 0 Å². The summed E-state index contributed by atoms with van der Waals surface area (Å²) in [7, 11) is 0. The minimum absolute atomic E-state index is 0. The number of hydrogen-bond acceptors (Lipinski definition) is 2. The van der Waals surface area contributed by atoms with Crippen LogP contribution >= 0.6 is 11.6 Å². The molecule has 1 saturated carbocycles. The van der Waals surface area contributed by atoms with Crippen molar-refractivity contribution in [3.63, 3.8) is 0 Å². The van der Waals surface area contributed by atoms with Crippen LogP contribution in [0.5, 0.6) is 0 Å². The maximum atomic E-state index is 13.5. The van der Waals surface area contributed by atoms with Gasteiger partial charge in [0.2, 0.25) is 5.43 Å². The second kappa shape index (κ2) is 4.94. The average Bonchev–Trinajstić information content (AvgIpc) is 3.16. The van der Waals surface area contributed by atoms with Crippen LogP contribution in [0, 0.1) is 5.82 Å². The van der Waals surface area contributed by atoms with E-state index in [4.69, 9.17) is 16.7 Å². The Bertz CT molecular complexity index is 770. The normalized spacial score (nSPS) is 14.1. The molecular formula is C13H9BClFNO3. The molecule has 0 bridgehead atoms. The lowest BCUT2D eigenvalue weighted by molar-refractivity contribution is 0.0695. The lowest BCUT2D eigenvalue weighted by atomic mass is 10.1. The molecule has 101 valence electrons. The van der Waals surface area contributed by atoms with Crippen molar-refractivity contribution in [3.8, 4) is 0 Å². The van der Waals surface area contributed by atoms with Crippen molar-refractivity contribution >= 4 is 36.9 Å². The molecule has 0 aliphatic heterocycles. The van der Waals surface area contributed by atoms with Crippen molar-refractivity contribution in [2.24, 2.45) is 0 Å². The first kappa shape index (κ1) is 14.6. The highest BCUT2D eigenvalue weighted by molar-refractivity contribution is 6.31. The Labute approximate surface area is 120 Å². The van der Waals surface area contributed by atoms with Crippen LogP contribution in [0.4, 0.5) is 4.39 Å². The van der Waals surface area contributed by atoms with Gasteiger partial charge < -0.3 is 9.67 Å². The first-order chi connectivity index (χ1) is 8.99. The number of aromatic nitrogens is 1. The topological polar surface area (TPSA) is 59.3 Å². The SMILES string of the molecule is O=C(O)c1cn(C2CC2)c2cc(Cl)c(F)cc2c1=O.[B]. The van der Waals surface area contributed by atoms with E-state index < -0.39 is 17.2 Å². The number of carbonyl (C=O) groups is 1. The zero-order chi connectivity index (χ0) is 13.7. The van der Waals surface area contributed by atoms with Gasteiger partial charge in [-0.15, -0.1) is 0 Å². The maximum Gasteiger partial charge on any atom is 0.341 e. The van der Waals surface area contributed by atoms with Gasteiger partial charge in [-0.25, -0.2) is 9.18 Å². The van der Waals surface area contributed by atoms with E-state index in [2.05, 4.69) is 0 Å². The van der Waals surface area contributed by atoms with Crippen LogP contribution in [0.3, 0.4) is 0 Å². The number of pyridine rings is 1. The minimum atomic E-state index is -1.31. The van der Waals surface area contributed by atoms with Gasteiger partial charge in [0, 0.05) is 26.0 Å². The van der Waals surface area contributed by atoms with Gasteiger partial charge in [-0.2, -0.15) is 0 Å². The quantitative estimate of drug-likeness (QED) is 0.865. The van der Waals surface area contributed by atoms with Crippen molar-refractivity contribution in [1.82, 2.24) is 4.57 Å². The van der Waals surface area contributed by atoms with Gasteiger partial charge in [0.05, 0.1) is 10.5 Å². The summed E-state index contributed by atoms with van der Waals surface area (Å²) >= 11 is 5.73. The molecule has 0 unspecified atom stereocenters. The van der Waals surface area contributed by atoms with Gasteiger partial charge in [0.1, 0.15) is 11.4 Å². The molecule has 0 saturated heterocycles. The summed E-state index contributed by atoms with van der Waals surface area (Å²) < 4.78 is 15.2. The Morgan fingerprint density at radius 3 is 2.60 bits per heavy atom. The lowest BCUT2D eigenvalue weighted by Gasteiger charge is -2.11. The third kappa shape index (κ3) is 2.20. The Balaban J connectivity index is 0.00000147. The highest BCUT2D eigenvalue weighted by Crippen LogP contribution is 2.37. The third-order valence-electron chi connectivity index (χ3n) is 3.24. The van der Waals surface area contributed by atoms with Crippen molar-refractivity contribution in [2.45, 2.75) is 18.9 Å². The number of carboxylic acids is 1. The fraction of sp³-hybridized carbons (Fsp3) is 0.231. The Morgan fingerprint density at radius 1 is 1.40 bits per heavy atom. The monoisotopic (exact) mass is 292 g/mol. The highest BCUT2D eigenvalue weighted by Gasteiger charge is 2.27. The molecule has 1 N–H and O–H groups in total. The Morgan fingerprint density at radius 2 is 2.05 bits per heavy atom. The van der Waals surface area contributed by atoms with E-state index in [0.717, 1.165) is 18.9 Å². The number of hydrogen-bond donors (Lipinski definition) is 1. The smallest absolute Gasteiger partial charge is 0.341 e. The fourth-order valence-corrected chi connectivity index (χ4v) is 2.31. The largest absolute Gasteiger partial charge is 0.477 e. The van der Waals surface area contributed by atoms with Gasteiger partial charge in [0.15, 0.2) is 0 Å². The van der Waals surface area contributed by atoms with Crippen LogP contribution in [-0.2, 0) is 0 Å². The number of benzene rings is 1. The molecule has 1 aromatic carbocycles. The summed E-state index contributed by atoms with van der Waals surface area (Å²) in [5.74, 6) is -2.03. The van der Waals surface area contributed by atoms with Gasteiger partial charge in [-0.1, -0.05) is 11.6 Å². The minimum Gasteiger partial charge on any atom is -0.477 e. The molecule has 4 nitrogen and oxygen atoms in total. The van der Waals surface area contributed by atoms with E-state index >= 15 is 0 Å². The number of nitrogens with zero attached hydrogens (tertiary/aromatic N) is 1. The van der Waals surface area contributed by atoms with Crippen molar-refractivity contribution in [3.05, 3.63) is 45.0 Å². The van der Waals surface area contributed by atoms with E-state index in [-0.39, 0.29) is 30.4 Å². The van der Waals surface area contributed by atoms with Crippen molar-refractivity contribution in [2.75, 3.05) is 0 Å². The number of halogens is 2. The van der Waals surface area contributed by atoms with Crippen LogP contribution in [0.25, 0.3) is 10.9 Å². The van der Waals surface area contributed by atoms with Crippen LogP contribution in [-0.4, -0.2) is 24.1 Å². The lowest BCUT2D eigenvalue weighted by Crippen LogP contribution is -2.18. The zero-order valence-electron chi connectivity index (χ0n) is 10.3. The number of carboxylic acid groups (broad SMARTS) is 1. The summed E-state index contributed by atoms with van der Waals surface area (Å²) in [4.78, 5) is 23.1. The van der Waals surface area contributed by atoms with E-state index in [1.165, 1.54) is 12.3 Å². The van der Waals surface area contributed by atoms with E-state index in [1.807, 2.05) is 0 Å².